The molecule has 1 aromatic rings. The molecule has 1 amide bonds. The van der Waals surface area contributed by atoms with Crippen LogP contribution >= 0.6 is 0 Å². The summed E-state index contributed by atoms with van der Waals surface area (Å²) >= 11 is 0. The molecule has 1 aliphatic carbocycles. The van der Waals surface area contributed by atoms with Crippen LogP contribution < -0.4 is 10.6 Å². The minimum Gasteiger partial charge on any atom is -0.445 e. The second kappa shape index (κ2) is 6.02. The van der Waals surface area contributed by atoms with Gasteiger partial charge in [0, 0.05) is 12.6 Å². The number of piperidine rings is 1. The first-order valence-corrected chi connectivity index (χ1v) is 7.55. The minimum atomic E-state index is -1.35. The molecule has 21 heavy (non-hydrogen) atoms. The van der Waals surface area contributed by atoms with E-state index in [0.717, 1.165) is 18.4 Å². The zero-order valence-electron chi connectivity index (χ0n) is 12.0. The standard InChI is InChI=1S/C16H21FN2O2/c17-16-8-4-7-13(18-11-16)9-14(16)19-15(20)21-10-12-5-2-1-3-6-12/h1-3,5-6,13-14,18H,4,7-11H2,(H,19,20)/t13-,14+,16?/m1/s1. The Balaban J connectivity index is 1.55. The van der Waals surface area contributed by atoms with Gasteiger partial charge in [-0.1, -0.05) is 30.3 Å². The summed E-state index contributed by atoms with van der Waals surface area (Å²) in [5, 5.41) is 5.94. The molecule has 2 saturated heterocycles. The Labute approximate surface area is 124 Å². The maximum absolute atomic E-state index is 14.9. The highest BCUT2D eigenvalue weighted by Gasteiger charge is 2.46. The average Bonchev–Trinajstić information content (AvgIpc) is 2.77. The van der Waals surface area contributed by atoms with E-state index in [1.165, 1.54) is 0 Å². The Kier molecular flexibility index (Phi) is 4.10. The SMILES string of the molecule is O=C(N[C@H]1C[C@H]2CCCC1(F)CN2)OCc1ccccc1. The number of alkyl halides is 1. The van der Waals surface area contributed by atoms with Gasteiger partial charge in [-0.15, -0.1) is 0 Å². The van der Waals surface area contributed by atoms with Crippen molar-refractivity contribution in [2.75, 3.05) is 6.54 Å². The number of benzene rings is 1. The third kappa shape index (κ3) is 3.35. The van der Waals surface area contributed by atoms with Gasteiger partial charge in [-0.05, 0) is 31.2 Å². The van der Waals surface area contributed by atoms with Crippen molar-refractivity contribution in [1.82, 2.24) is 10.6 Å². The minimum absolute atomic E-state index is 0.209. The zero-order chi connectivity index (χ0) is 14.7. The van der Waals surface area contributed by atoms with E-state index in [1.807, 2.05) is 30.3 Å². The maximum Gasteiger partial charge on any atom is 0.407 e. The average molecular weight is 292 g/mol. The second-order valence-electron chi connectivity index (χ2n) is 6.00. The molecule has 1 saturated carbocycles. The van der Waals surface area contributed by atoms with Gasteiger partial charge in [0.15, 0.2) is 0 Å². The Morgan fingerprint density at radius 2 is 2.24 bits per heavy atom. The molecule has 2 N–H and O–H groups in total. The van der Waals surface area contributed by atoms with Crippen molar-refractivity contribution in [3.8, 4) is 0 Å². The number of nitrogens with one attached hydrogen (secondary N) is 2. The van der Waals surface area contributed by atoms with E-state index in [0.29, 0.717) is 25.4 Å². The fourth-order valence-corrected chi connectivity index (χ4v) is 3.24. The summed E-state index contributed by atoms with van der Waals surface area (Å²) in [5.74, 6) is 0. The molecule has 3 atom stereocenters. The zero-order valence-corrected chi connectivity index (χ0v) is 12.0. The first-order chi connectivity index (χ1) is 10.2. The van der Waals surface area contributed by atoms with Crippen LogP contribution in [-0.2, 0) is 11.3 Å². The highest BCUT2D eigenvalue weighted by Crippen LogP contribution is 2.34. The van der Waals surface area contributed by atoms with Gasteiger partial charge in [0.1, 0.15) is 12.3 Å². The van der Waals surface area contributed by atoms with Gasteiger partial charge < -0.3 is 15.4 Å². The van der Waals surface area contributed by atoms with Crippen LogP contribution in [0, 0.1) is 0 Å². The van der Waals surface area contributed by atoms with Crippen LogP contribution in [0.1, 0.15) is 31.2 Å². The van der Waals surface area contributed by atoms with Crippen LogP contribution in [-0.4, -0.2) is 30.4 Å². The lowest BCUT2D eigenvalue weighted by molar-refractivity contribution is 0.0607. The Bertz CT molecular complexity index is 492. The maximum atomic E-state index is 14.9. The fraction of sp³-hybridized carbons (Fsp3) is 0.562. The quantitative estimate of drug-likeness (QED) is 0.900. The number of amides is 1. The summed E-state index contributed by atoms with van der Waals surface area (Å²) in [6.45, 7) is 0.529. The van der Waals surface area contributed by atoms with Gasteiger partial charge >= 0.3 is 6.09 Å². The second-order valence-corrected chi connectivity index (χ2v) is 6.00. The van der Waals surface area contributed by atoms with Gasteiger partial charge in [-0.25, -0.2) is 9.18 Å². The number of halogens is 1. The van der Waals surface area contributed by atoms with Crippen molar-refractivity contribution in [2.45, 2.75) is 50.0 Å². The van der Waals surface area contributed by atoms with Crippen LogP contribution in [0.4, 0.5) is 9.18 Å². The molecule has 0 spiro atoms. The monoisotopic (exact) mass is 292 g/mol. The van der Waals surface area contributed by atoms with Crippen molar-refractivity contribution in [3.05, 3.63) is 35.9 Å². The normalized spacial score (nSPS) is 31.5. The molecule has 5 heteroatoms. The Morgan fingerprint density at radius 3 is 3.05 bits per heavy atom. The third-order valence-electron chi connectivity index (χ3n) is 4.48. The molecular weight excluding hydrogens is 271 g/mol. The predicted octanol–water partition coefficient (Wildman–Crippen LogP) is 2.54. The number of alkyl carbamates (subject to hydrolysis) is 1. The van der Waals surface area contributed by atoms with Gasteiger partial charge in [0.2, 0.25) is 0 Å². The van der Waals surface area contributed by atoms with E-state index < -0.39 is 17.8 Å². The number of rotatable bonds is 3. The molecule has 0 radical (unpaired) electrons. The summed E-state index contributed by atoms with van der Waals surface area (Å²) < 4.78 is 20.0. The van der Waals surface area contributed by atoms with E-state index in [9.17, 15) is 9.18 Å². The Morgan fingerprint density at radius 1 is 1.43 bits per heavy atom. The van der Waals surface area contributed by atoms with Crippen molar-refractivity contribution in [3.63, 3.8) is 0 Å². The van der Waals surface area contributed by atoms with Gasteiger partial charge in [-0.3, -0.25) is 0 Å². The molecular formula is C16H21FN2O2. The number of hydrogen-bond acceptors (Lipinski definition) is 3. The van der Waals surface area contributed by atoms with Crippen molar-refractivity contribution in [2.24, 2.45) is 0 Å². The Hall–Kier alpha value is -1.62. The first kappa shape index (κ1) is 14.3. The number of ether oxygens (including phenoxy) is 1. The summed E-state index contributed by atoms with van der Waals surface area (Å²) in [5.41, 5.74) is -0.426. The molecule has 2 bridgehead atoms. The van der Waals surface area contributed by atoms with Crippen LogP contribution in [0.5, 0.6) is 0 Å². The predicted molar refractivity (Wildman–Crippen MR) is 77.6 cm³/mol. The number of carbonyl (C=O) groups is 1. The lowest BCUT2D eigenvalue weighted by Crippen LogP contribution is -2.60. The van der Waals surface area contributed by atoms with Crippen molar-refractivity contribution >= 4 is 6.09 Å². The molecule has 1 unspecified atom stereocenters. The number of hydrogen-bond donors (Lipinski definition) is 2. The molecule has 2 heterocycles. The largest absolute Gasteiger partial charge is 0.445 e. The molecule has 4 rings (SSSR count). The number of carbonyl (C=O) groups excluding carboxylic acids is 1. The lowest BCUT2D eigenvalue weighted by atomic mass is 9.87. The highest BCUT2D eigenvalue weighted by molar-refractivity contribution is 5.68. The van der Waals surface area contributed by atoms with Crippen molar-refractivity contribution < 1.29 is 13.9 Å². The van der Waals surface area contributed by atoms with Crippen LogP contribution in [0.3, 0.4) is 0 Å². The van der Waals surface area contributed by atoms with E-state index in [1.54, 1.807) is 0 Å². The smallest absolute Gasteiger partial charge is 0.407 e. The summed E-state index contributed by atoms with van der Waals surface area (Å²) in [6, 6.07) is 9.33. The summed E-state index contributed by atoms with van der Waals surface area (Å²) in [7, 11) is 0. The van der Waals surface area contributed by atoms with E-state index in [-0.39, 0.29) is 6.61 Å². The van der Waals surface area contributed by atoms with Crippen LogP contribution in [0.25, 0.3) is 0 Å². The molecule has 1 aromatic carbocycles. The molecule has 0 aromatic heterocycles. The molecule has 3 aliphatic rings. The first-order valence-electron chi connectivity index (χ1n) is 7.55. The van der Waals surface area contributed by atoms with Crippen molar-refractivity contribution in [1.29, 1.82) is 0 Å². The lowest BCUT2D eigenvalue weighted by Gasteiger charge is -2.38. The summed E-state index contributed by atoms with van der Waals surface area (Å²) in [6.07, 6.45) is 2.44. The van der Waals surface area contributed by atoms with Crippen LogP contribution in [0.2, 0.25) is 0 Å². The van der Waals surface area contributed by atoms with Gasteiger partial charge in [-0.2, -0.15) is 0 Å². The van der Waals surface area contributed by atoms with Gasteiger partial charge in [0.25, 0.3) is 0 Å². The van der Waals surface area contributed by atoms with E-state index in [4.69, 9.17) is 4.74 Å². The molecule has 2 aliphatic heterocycles. The number of fused-ring (bicyclic) bond motifs is 4. The topological polar surface area (TPSA) is 50.4 Å². The van der Waals surface area contributed by atoms with Crippen LogP contribution in [0.15, 0.2) is 30.3 Å². The fourth-order valence-electron chi connectivity index (χ4n) is 3.24. The third-order valence-corrected chi connectivity index (χ3v) is 4.48. The summed E-state index contributed by atoms with van der Waals surface area (Å²) in [4.78, 5) is 11.9. The van der Waals surface area contributed by atoms with E-state index in [2.05, 4.69) is 10.6 Å². The molecule has 3 fully saturated rings. The van der Waals surface area contributed by atoms with Gasteiger partial charge in [0.05, 0.1) is 6.04 Å². The molecule has 4 nitrogen and oxygen atoms in total. The highest BCUT2D eigenvalue weighted by atomic mass is 19.1. The molecule has 114 valence electrons. The van der Waals surface area contributed by atoms with E-state index >= 15 is 0 Å².